The Kier molecular flexibility index (Phi) is 4.83. The van der Waals surface area contributed by atoms with Crippen molar-refractivity contribution < 1.29 is 4.79 Å². The van der Waals surface area contributed by atoms with E-state index in [4.69, 9.17) is 0 Å². The molecule has 1 unspecified atom stereocenters. The van der Waals surface area contributed by atoms with E-state index in [9.17, 15) is 4.79 Å². The molecule has 1 amide bonds. The summed E-state index contributed by atoms with van der Waals surface area (Å²) in [5.74, 6) is -0.0542. The van der Waals surface area contributed by atoms with E-state index in [2.05, 4.69) is 22.1 Å². The highest BCUT2D eigenvalue weighted by Gasteiger charge is 2.22. The van der Waals surface area contributed by atoms with Gasteiger partial charge in [-0.15, -0.1) is 22.7 Å². The van der Waals surface area contributed by atoms with Crippen LogP contribution in [-0.2, 0) is 6.42 Å². The molecule has 0 spiro atoms. The average molecular weight is 343 g/mol. The molecule has 0 radical (unpaired) electrons. The predicted molar refractivity (Wildman–Crippen MR) is 94.0 cm³/mol. The fourth-order valence-electron chi connectivity index (χ4n) is 2.24. The molecule has 1 atom stereocenters. The van der Waals surface area contributed by atoms with Gasteiger partial charge in [0.2, 0.25) is 0 Å². The Labute approximate surface area is 143 Å². The summed E-state index contributed by atoms with van der Waals surface area (Å²) in [7, 11) is 1.81. The number of nitrogens with zero attached hydrogens (tertiary/aromatic N) is 3. The van der Waals surface area contributed by atoms with Crippen LogP contribution in [0.15, 0.2) is 47.4 Å². The Morgan fingerprint density at radius 1 is 1.26 bits per heavy atom. The highest BCUT2D eigenvalue weighted by Crippen LogP contribution is 2.24. The normalized spacial score (nSPS) is 12.1. The first-order chi connectivity index (χ1) is 11.1. The highest BCUT2D eigenvalue weighted by molar-refractivity contribution is 7.10. The Hall–Kier alpha value is -2.05. The maximum Gasteiger partial charge on any atom is 0.273 e. The van der Waals surface area contributed by atoms with E-state index in [1.54, 1.807) is 27.9 Å². The number of carbonyl (C=O) groups excluding carboxylic acids is 1. The first kappa shape index (κ1) is 15.8. The summed E-state index contributed by atoms with van der Waals surface area (Å²) in [5, 5.41) is 2.80. The van der Waals surface area contributed by atoms with Crippen molar-refractivity contribution in [3.8, 4) is 0 Å². The molecular weight excluding hydrogens is 326 g/mol. The molecular formula is C17H17N3OS2. The van der Waals surface area contributed by atoms with Gasteiger partial charge in [-0.05, 0) is 12.5 Å². The second-order valence-electron chi connectivity index (χ2n) is 5.28. The van der Waals surface area contributed by atoms with Crippen LogP contribution in [0.4, 0.5) is 0 Å². The number of hydrogen-bond donors (Lipinski definition) is 0. The van der Waals surface area contributed by atoms with Gasteiger partial charge in [0.25, 0.3) is 5.91 Å². The lowest BCUT2D eigenvalue weighted by Gasteiger charge is -2.22. The summed E-state index contributed by atoms with van der Waals surface area (Å²) in [5.41, 5.74) is 3.50. The monoisotopic (exact) mass is 343 g/mol. The number of carbonyl (C=O) groups is 1. The van der Waals surface area contributed by atoms with Crippen molar-refractivity contribution in [1.29, 1.82) is 0 Å². The van der Waals surface area contributed by atoms with Crippen LogP contribution < -0.4 is 0 Å². The summed E-state index contributed by atoms with van der Waals surface area (Å²) in [6.45, 7) is 2.00. The molecule has 3 rings (SSSR count). The fourth-order valence-corrected chi connectivity index (χ4v) is 3.76. The maximum absolute atomic E-state index is 12.6. The number of thiazole rings is 2. The van der Waals surface area contributed by atoms with Gasteiger partial charge in [-0.1, -0.05) is 30.3 Å². The van der Waals surface area contributed by atoms with Gasteiger partial charge in [-0.3, -0.25) is 9.78 Å². The molecule has 0 saturated heterocycles. The number of hydrogen-bond acceptors (Lipinski definition) is 5. The first-order valence-corrected chi connectivity index (χ1v) is 9.05. The SMILES string of the molecule is CC(c1cncs1)N(C)C(=O)c1csc(Cc2ccccc2)n1. The van der Waals surface area contributed by atoms with Gasteiger partial charge in [-0.2, -0.15) is 0 Å². The number of aromatic nitrogens is 2. The zero-order chi connectivity index (χ0) is 16.2. The number of rotatable bonds is 5. The van der Waals surface area contributed by atoms with Crippen LogP contribution in [-0.4, -0.2) is 27.8 Å². The van der Waals surface area contributed by atoms with Crippen LogP contribution in [0.2, 0.25) is 0 Å². The molecule has 2 aromatic heterocycles. The molecule has 6 heteroatoms. The molecule has 118 valence electrons. The molecule has 0 saturated carbocycles. The standard InChI is InChI=1S/C17H17N3OS2/c1-12(15-9-18-11-23-15)20(2)17(21)14-10-22-16(19-14)8-13-6-4-3-5-7-13/h3-7,9-12H,8H2,1-2H3. The highest BCUT2D eigenvalue weighted by atomic mass is 32.1. The summed E-state index contributed by atoms with van der Waals surface area (Å²) in [6.07, 6.45) is 2.56. The summed E-state index contributed by atoms with van der Waals surface area (Å²) >= 11 is 3.09. The summed E-state index contributed by atoms with van der Waals surface area (Å²) < 4.78 is 0. The van der Waals surface area contributed by atoms with Crippen LogP contribution in [0.1, 0.15) is 38.9 Å². The number of benzene rings is 1. The lowest BCUT2D eigenvalue weighted by molar-refractivity contribution is 0.0739. The van der Waals surface area contributed by atoms with Crippen molar-refractivity contribution in [2.45, 2.75) is 19.4 Å². The minimum Gasteiger partial charge on any atom is -0.333 e. The number of amides is 1. The zero-order valence-corrected chi connectivity index (χ0v) is 14.6. The molecule has 0 fully saturated rings. The van der Waals surface area contributed by atoms with Gasteiger partial charge in [0, 0.05) is 29.9 Å². The first-order valence-electron chi connectivity index (χ1n) is 7.29. The van der Waals surface area contributed by atoms with E-state index in [0.29, 0.717) is 5.69 Å². The molecule has 23 heavy (non-hydrogen) atoms. The van der Waals surface area contributed by atoms with Gasteiger partial charge >= 0.3 is 0 Å². The fraction of sp³-hybridized carbons (Fsp3) is 0.235. The van der Waals surface area contributed by atoms with Crippen LogP contribution in [0.25, 0.3) is 0 Å². The molecule has 4 nitrogen and oxygen atoms in total. The van der Waals surface area contributed by atoms with Gasteiger partial charge in [0.05, 0.1) is 16.6 Å². The molecule has 0 aliphatic carbocycles. The van der Waals surface area contributed by atoms with Crippen molar-refractivity contribution in [3.63, 3.8) is 0 Å². The van der Waals surface area contributed by atoms with Crippen LogP contribution in [0.3, 0.4) is 0 Å². The molecule has 0 N–H and O–H groups in total. The molecule has 3 aromatic rings. The summed E-state index contributed by atoms with van der Waals surface area (Å²) in [4.78, 5) is 24.0. The molecule has 0 aliphatic heterocycles. The second kappa shape index (κ2) is 7.02. The minimum absolute atomic E-state index is 0.00530. The van der Waals surface area contributed by atoms with Gasteiger partial charge in [-0.25, -0.2) is 4.98 Å². The third-order valence-corrected chi connectivity index (χ3v) is 5.53. The Bertz CT molecular complexity index is 768. The van der Waals surface area contributed by atoms with Crippen molar-refractivity contribution in [2.75, 3.05) is 7.05 Å². The topological polar surface area (TPSA) is 46.1 Å². The van der Waals surface area contributed by atoms with E-state index >= 15 is 0 Å². The third-order valence-electron chi connectivity index (χ3n) is 3.73. The lowest BCUT2D eigenvalue weighted by atomic mass is 10.2. The summed E-state index contributed by atoms with van der Waals surface area (Å²) in [6, 6.07) is 10.2. The Balaban J connectivity index is 1.71. The van der Waals surface area contributed by atoms with Gasteiger partial charge in [0.1, 0.15) is 5.69 Å². The molecule has 1 aromatic carbocycles. The smallest absolute Gasteiger partial charge is 0.273 e. The predicted octanol–water partition coefficient (Wildman–Crippen LogP) is 4.02. The van der Waals surface area contributed by atoms with E-state index < -0.39 is 0 Å². The van der Waals surface area contributed by atoms with Crippen molar-refractivity contribution >= 4 is 28.6 Å². The lowest BCUT2D eigenvalue weighted by Crippen LogP contribution is -2.29. The minimum atomic E-state index is -0.0542. The van der Waals surface area contributed by atoms with Gasteiger partial charge < -0.3 is 4.90 Å². The molecule has 0 aliphatic rings. The average Bonchev–Trinajstić information content (AvgIpc) is 3.25. The molecule has 2 heterocycles. The van der Waals surface area contributed by atoms with Crippen molar-refractivity contribution in [3.05, 3.63) is 68.6 Å². The Morgan fingerprint density at radius 3 is 2.74 bits per heavy atom. The van der Waals surface area contributed by atoms with E-state index in [0.717, 1.165) is 16.3 Å². The maximum atomic E-state index is 12.6. The van der Waals surface area contributed by atoms with Crippen molar-refractivity contribution in [1.82, 2.24) is 14.9 Å². The van der Waals surface area contributed by atoms with E-state index in [1.807, 2.05) is 37.6 Å². The van der Waals surface area contributed by atoms with Crippen LogP contribution in [0.5, 0.6) is 0 Å². The van der Waals surface area contributed by atoms with Gasteiger partial charge in [0.15, 0.2) is 0 Å². The largest absolute Gasteiger partial charge is 0.333 e. The van der Waals surface area contributed by atoms with Crippen LogP contribution >= 0.6 is 22.7 Å². The Morgan fingerprint density at radius 2 is 2.04 bits per heavy atom. The molecule has 0 bridgehead atoms. The third kappa shape index (κ3) is 3.65. The second-order valence-corrected chi connectivity index (χ2v) is 7.15. The van der Waals surface area contributed by atoms with E-state index in [-0.39, 0.29) is 11.9 Å². The van der Waals surface area contributed by atoms with Crippen molar-refractivity contribution in [2.24, 2.45) is 0 Å². The zero-order valence-electron chi connectivity index (χ0n) is 13.0. The van der Waals surface area contributed by atoms with Crippen LogP contribution in [0, 0.1) is 0 Å². The quantitative estimate of drug-likeness (QED) is 0.703. The van der Waals surface area contributed by atoms with E-state index in [1.165, 1.54) is 16.9 Å².